The van der Waals surface area contributed by atoms with Gasteiger partial charge in [0.05, 0.1) is 11.9 Å². The van der Waals surface area contributed by atoms with E-state index in [-0.39, 0.29) is 18.9 Å². The third-order valence-corrected chi connectivity index (χ3v) is 4.68. The maximum absolute atomic E-state index is 12.0. The molecular formula is C16H25ClN2O4S. The number of carbonyl (C=O) groups is 1. The van der Waals surface area contributed by atoms with Crippen molar-refractivity contribution in [2.75, 3.05) is 36.9 Å². The maximum Gasteiger partial charge on any atom is 0.232 e. The van der Waals surface area contributed by atoms with Crippen LogP contribution in [0.4, 0.5) is 5.69 Å². The van der Waals surface area contributed by atoms with Crippen molar-refractivity contribution >= 4 is 33.2 Å². The molecule has 8 heteroatoms. The molecule has 0 aliphatic heterocycles. The second-order valence-corrected chi connectivity index (χ2v) is 7.66. The number of amides is 1. The van der Waals surface area contributed by atoms with Gasteiger partial charge in [-0.2, -0.15) is 0 Å². The van der Waals surface area contributed by atoms with E-state index in [0.717, 1.165) is 12.7 Å². The number of rotatable bonds is 11. The second-order valence-electron chi connectivity index (χ2n) is 5.32. The van der Waals surface area contributed by atoms with Crippen LogP contribution < -0.4 is 9.62 Å². The number of carbonyl (C=O) groups excluding carboxylic acids is 1. The first-order chi connectivity index (χ1) is 11.3. The predicted octanol–water partition coefficient (Wildman–Crippen LogP) is 2.43. The molecule has 1 N–H and O–H groups in total. The molecule has 0 aliphatic carbocycles. The number of benzene rings is 1. The normalized spacial score (nSPS) is 11.3. The standard InChI is InChI=1S/C16H25ClN2O4S/c1-3-23-12-6-10-18-16(20)9-5-11-19(24(2,21)22)15-8-4-7-14(17)13-15/h4,7-8,13H,3,5-6,9-12H2,1-2H3,(H,18,20). The van der Waals surface area contributed by atoms with Crippen molar-refractivity contribution in [3.05, 3.63) is 29.3 Å². The lowest BCUT2D eigenvalue weighted by Crippen LogP contribution is -2.32. The molecule has 1 aromatic rings. The van der Waals surface area contributed by atoms with E-state index < -0.39 is 10.0 Å². The van der Waals surface area contributed by atoms with Gasteiger partial charge in [0, 0.05) is 37.7 Å². The predicted molar refractivity (Wildman–Crippen MR) is 97.0 cm³/mol. The van der Waals surface area contributed by atoms with Crippen molar-refractivity contribution < 1.29 is 17.9 Å². The van der Waals surface area contributed by atoms with Crippen LogP contribution in [0.15, 0.2) is 24.3 Å². The summed E-state index contributed by atoms with van der Waals surface area (Å²) in [6.45, 7) is 3.99. The van der Waals surface area contributed by atoms with Gasteiger partial charge in [-0.15, -0.1) is 0 Å². The summed E-state index contributed by atoms with van der Waals surface area (Å²) in [6.07, 6.45) is 2.59. The van der Waals surface area contributed by atoms with E-state index in [1.165, 1.54) is 4.31 Å². The fourth-order valence-corrected chi connectivity index (χ4v) is 3.28. The summed E-state index contributed by atoms with van der Waals surface area (Å²) < 4.78 is 30.4. The Morgan fingerprint density at radius 3 is 2.71 bits per heavy atom. The minimum absolute atomic E-state index is 0.0916. The van der Waals surface area contributed by atoms with Gasteiger partial charge >= 0.3 is 0 Å². The van der Waals surface area contributed by atoms with Crippen LogP contribution >= 0.6 is 11.6 Å². The largest absolute Gasteiger partial charge is 0.382 e. The molecule has 0 heterocycles. The average molecular weight is 377 g/mol. The van der Waals surface area contributed by atoms with Crippen LogP contribution in [0, 0.1) is 0 Å². The van der Waals surface area contributed by atoms with Gasteiger partial charge in [0.15, 0.2) is 0 Å². The van der Waals surface area contributed by atoms with E-state index in [1.807, 2.05) is 6.92 Å². The van der Waals surface area contributed by atoms with E-state index in [9.17, 15) is 13.2 Å². The first-order valence-electron chi connectivity index (χ1n) is 7.92. The Morgan fingerprint density at radius 2 is 2.08 bits per heavy atom. The minimum atomic E-state index is -3.43. The third kappa shape index (κ3) is 7.99. The van der Waals surface area contributed by atoms with Gasteiger partial charge in [-0.3, -0.25) is 9.10 Å². The molecular weight excluding hydrogens is 352 g/mol. The zero-order valence-corrected chi connectivity index (χ0v) is 15.7. The SMILES string of the molecule is CCOCCCNC(=O)CCCN(c1cccc(Cl)c1)S(C)(=O)=O. The van der Waals surface area contributed by atoms with Crippen molar-refractivity contribution in [3.63, 3.8) is 0 Å². The molecule has 1 rings (SSSR count). The molecule has 1 aromatic carbocycles. The second kappa shape index (κ2) is 10.5. The smallest absolute Gasteiger partial charge is 0.232 e. The van der Waals surface area contributed by atoms with Gasteiger partial charge in [-0.1, -0.05) is 17.7 Å². The quantitative estimate of drug-likeness (QED) is 0.602. The zero-order chi connectivity index (χ0) is 18.0. The summed E-state index contributed by atoms with van der Waals surface area (Å²) in [7, 11) is -3.43. The van der Waals surface area contributed by atoms with Crippen LogP contribution in [0.2, 0.25) is 5.02 Å². The summed E-state index contributed by atoms with van der Waals surface area (Å²) in [5.41, 5.74) is 0.502. The monoisotopic (exact) mass is 376 g/mol. The van der Waals surface area contributed by atoms with Gasteiger partial charge < -0.3 is 10.1 Å². The van der Waals surface area contributed by atoms with Crippen LogP contribution in [-0.4, -0.2) is 46.9 Å². The Hall–Kier alpha value is -1.31. The highest BCUT2D eigenvalue weighted by molar-refractivity contribution is 7.92. The minimum Gasteiger partial charge on any atom is -0.382 e. The molecule has 1 amide bonds. The molecule has 136 valence electrons. The van der Waals surface area contributed by atoms with Crippen LogP contribution in [0.25, 0.3) is 0 Å². The average Bonchev–Trinajstić information content (AvgIpc) is 2.50. The van der Waals surface area contributed by atoms with E-state index in [2.05, 4.69) is 5.32 Å². The lowest BCUT2D eigenvalue weighted by molar-refractivity contribution is -0.121. The molecule has 0 radical (unpaired) electrons. The van der Waals surface area contributed by atoms with Crippen LogP contribution in [-0.2, 0) is 19.6 Å². The Bertz CT molecular complexity index is 622. The Labute approximate surface area is 149 Å². The third-order valence-electron chi connectivity index (χ3n) is 3.25. The van der Waals surface area contributed by atoms with Gasteiger partial charge in [0.1, 0.15) is 0 Å². The first kappa shape index (κ1) is 20.7. The highest BCUT2D eigenvalue weighted by Gasteiger charge is 2.17. The first-order valence-corrected chi connectivity index (χ1v) is 10.1. The molecule has 6 nitrogen and oxygen atoms in total. The molecule has 0 aliphatic rings. The summed E-state index contributed by atoms with van der Waals surface area (Å²) in [5.74, 6) is -0.0916. The molecule has 0 unspecified atom stereocenters. The Kier molecular flexibility index (Phi) is 9.10. The Balaban J connectivity index is 2.45. The molecule has 0 aromatic heterocycles. The van der Waals surface area contributed by atoms with Crippen LogP contribution in [0.3, 0.4) is 0 Å². The van der Waals surface area contributed by atoms with Crippen molar-refractivity contribution in [1.82, 2.24) is 5.32 Å². The fourth-order valence-electron chi connectivity index (χ4n) is 2.14. The zero-order valence-electron chi connectivity index (χ0n) is 14.1. The van der Waals surface area contributed by atoms with Crippen molar-refractivity contribution in [2.45, 2.75) is 26.2 Å². The highest BCUT2D eigenvalue weighted by atomic mass is 35.5. The molecule has 0 bridgehead atoms. The van der Waals surface area contributed by atoms with Crippen molar-refractivity contribution in [1.29, 1.82) is 0 Å². The van der Waals surface area contributed by atoms with Crippen LogP contribution in [0.5, 0.6) is 0 Å². The van der Waals surface area contributed by atoms with E-state index in [1.54, 1.807) is 24.3 Å². The maximum atomic E-state index is 12.0. The molecule has 24 heavy (non-hydrogen) atoms. The number of hydrogen-bond acceptors (Lipinski definition) is 4. The topological polar surface area (TPSA) is 75.7 Å². The molecule has 0 saturated heterocycles. The summed E-state index contributed by atoms with van der Waals surface area (Å²) in [5, 5.41) is 3.26. The van der Waals surface area contributed by atoms with Crippen LogP contribution in [0.1, 0.15) is 26.2 Å². The molecule has 0 spiro atoms. The van der Waals surface area contributed by atoms with E-state index in [4.69, 9.17) is 16.3 Å². The van der Waals surface area contributed by atoms with Crippen molar-refractivity contribution in [2.24, 2.45) is 0 Å². The summed E-state index contributed by atoms with van der Waals surface area (Å²) in [4.78, 5) is 11.8. The molecule has 0 saturated carbocycles. The number of nitrogens with one attached hydrogen (secondary N) is 1. The number of sulfonamides is 1. The fraction of sp³-hybridized carbons (Fsp3) is 0.562. The van der Waals surface area contributed by atoms with Gasteiger partial charge in [-0.05, 0) is 38.0 Å². The van der Waals surface area contributed by atoms with E-state index in [0.29, 0.717) is 36.9 Å². The number of hydrogen-bond donors (Lipinski definition) is 1. The summed E-state index contributed by atoms with van der Waals surface area (Å²) in [6, 6.07) is 6.65. The number of anilines is 1. The Morgan fingerprint density at radius 1 is 1.33 bits per heavy atom. The van der Waals surface area contributed by atoms with Gasteiger partial charge in [0.2, 0.25) is 15.9 Å². The lowest BCUT2D eigenvalue weighted by atomic mass is 10.2. The van der Waals surface area contributed by atoms with Gasteiger partial charge in [-0.25, -0.2) is 8.42 Å². The van der Waals surface area contributed by atoms with Gasteiger partial charge in [0.25, 0.3) is 0 Å². The molecule has 0 atom stereocenters. The number of ether oxygens (including phenoxy) is 1. The highest BCUT2D eigenvalue weighted by Crippen LogP contribution is 2.22. The number of nitrogens with zero attached hydrogens (tertiary/aromatic N) is 1. The number of halogens is 1. The molecule has 0 fully saturated rings. The lowest BCUT2D eigenvalue weighted by Gasteiger charge is -2.22. The van der Waals surface area contributed by atoms with E-state index >= 15 is 0 Å². The summed E-state index contributed by atoms with van der Waals surface area (Å²) >= 11 is 5.92. The van der Waals surface area contributed by atoms with Crippen molar-refractivity contribution in [3.8, 4) is 0 Å².